The summed E-state index contributed by atoms with van der Waals surface area (Å²) < 4.78 is 14.0. The number of unbranched alkanes of at least 4 members (excludes halogenated alkanes) is 1. The van der Waals surface area contributed by atoms with Crippen LogP contribution in [0.25, 0.3) is 22.3 Å². The summed E-state index contributed by atoms with van der Waals surface area (Å²) in [4.78, 5) is 28.7. The van der Waals surface area contributed by atoms with Crippen LogP contribution in [0.15, 0.2) is 51.4 Å². The molecule has 0 atom stereocenters. The van der Waals surface area contributed by atoms with Crippen molar-refractivity contribution in [1.29, 1.82) is 0 Å². The number of hydrogen-bond donors (Lipinski definition) is 2. The zero-order valence-electron chi connectivity index (χ0n) is 21.6. The number of aryl methyl sites for hydroxylation is 1. The molecule has 0 radical (unpaired) electrons. The molecule has 2 N–H and O–H groups in total. The Bertz CT molecular complexity index is 1500. The number of aromatic nitrogens is 2. The van der Waals surface area contributed by atoms with Crippen molar-refractivity contribution in [3.8, 4) is 11.3 Å². The number of nitrogens with one attached hydrogen (secondary N) is 1. The molecule has 38 heavy (non-hydrogen) atoms. The molecule has 0 bridgehead atoms. The van der Waals surface area contributed by atoms with E-state index < -0.39 is 17.7 Å². The lowest BCUT2D eigenvalue weighted by atomic mass is 10.1. The van der Waals surface area contributed by atoms with E-state index in [1.807, 2.05) is 36.4 Å². The van der Waals surface area contributed by atoms with Crippen LogP contribution in [0.2, 0.25) is 5.15 Å². The van der Waals surface area contributed by atoms with E-state index in [9.17, 15) is 14.7 Å². The van der Waals surface area contributed by atoms with Gasteiger partial charge in [-0.3, -0.25) is 5.32 Å². The van der Waals surface area contributed by atoms with Gasteiger partial charge in [-0.2, -0.15) is 0 Å². The molecule has 0 unspecified atom stereocenters. The highest BCUT2D eigenvalue weighted by atomic mass is 79.9. The molecule has 10 heteroatoms. The third kappa shape index (κ3) is 6.05. The fraction of sp³-hybridized carbons (Fsp3) is 0.321. The normalized spacial score (nSPS) is 11.6. The van der Waals surface area contributed by atoms with Crippen LogP contribution in [0.4, 0.5) is 10.5 Å². The summed E-state index contributed by atoms with van der Waals surface area (Å²) in [5.41, 5.74) is 2.06. The number of anilines is 1. The number of nitrogens with zero attached hydrogens (tertiary/aromatic N) is 2. The van der Waals surface area contributed by atoms with Crippen molar-refractivity contribution in [2.75, 3.05) is 5.32 Å². The number of amides is 1. The van der Waals surface area contributed by atoms with Crippen LogP contribution in [0.3, 0.4) is 0 Å². The van der Waals surface area contributed by atoms with Crippen molar-refractivity contribution in [3.05, 3.63) is 69.2 Å². The Kier molecular flexibility index (Phi) is 8.18. The first kappa shape index (κ1) is 27.7. The van der Waals surface area contributed by atoms with E-state index in [1.165, 1.54) is 0 Å². The number of hydrogen-bond acceptors (Lipinski definition) is 5. The van der Waals surface area contributed by atoms with Crippen LogP contribution in [0.5, 0.6) is 0 Å². The van der Waals surface area contributed by atoms with Crippen molar-refractivity contribution >= 4 is 56.3 Å². The third-order valence-corrected chi connectivity index (χ3v) is 6.85. The number of benzene rings is 2. The average molecular weight is 603 g/mol. The molecular formula is C28H29BrClN3O5. The van der Waals surface area contributed by atoms with E-state index in [0.717, 1.165) is 23.8 Å². The zero-order valence-corrected chi connectivity index (χ0v) is 23.9. The first-order chi connectivity index (χ1) is 18.0. The number of rotatable bonds is 8. The summed E-state index contributed by atoms with van der Waals surface area (Å²) >= 11 is 9.87. The molecule has 0 spiro atoms. The Morgan fingerprint density at radius 3 is 2.63 bits per heavy atom. The van der Waals surface area contributed by atoms with E-state index in [4.69, 9.17) is 20.8 Å². The first-order valence-electron chi connectivity index (χ1n) is 12.3. The fourth-order valence-corrected chi connectivity index (χ4v) is 5.02. The number of fused-ring (bicyclic) bond motifs is 1. The maximum Gasteiger partial charge on any atom is 0.412 e. The second kappa shape index (κ2) is 11.2. The monoisotopic (exact) mass is 601 g/mol. The minimum Gasteiger partial charge on any atom is -0.476 e. The Morgan fingerprint density at radius 1 is 1.21 bits per heavy atom. The van der Waals surface area contributed by atoms with Crippen LogP contribution in [0.1, 0.15) is 62.4 Å². The van der Waals surface area contributed by atoms with Gasteiger partial charge in [-0.25, -0.2) is 14.6 Å². The largest absolute Gasteiger partial charge is 0.476 e. The molecule has 4 aromatic rings. The Morgan fingerprint density at radius 2 is 1.95 bits per heavy atom. The number of ether oxygens (including phenoxy) is 1. The standard InChI is InChI=1S/C28H29BrClN3O5/c1-5-6-11-21-32-25(30)23(26(34)35)33(21)15-16-12-13-20-18(14-16)22(29)24(37-20)17-9-7-8-10-19(17)31-27(36)38-28(2,3)4/h7-10,12-14H,5-6,11,15H2,1-4H3,(H,31,36)(H,34,35). The van der Waals surface area contributed by atoms with Crippen molar-refractivity contribution in [2.45, 2.75) is 59.1 Å². The molecular weight excluding hydrogens is 574 g/mol. The van der Waals surface area contributed by atoms with Crippen molar-refractivity contribution in [3.63, 3.8) is 0 Å². The lowest BCUT2D eigenvalue weighted by Crippen LogP contribution is -2.27. The summed E-state index contributed by atoms with van der Waals surface area (Å²) in [5, 5.41) is 13.4. The predicted octanol–water partition coefficient (Wildman–Crippen LogP) is 8.15. The lowest BCUT2D eigenvalue weighted by molar-refractivity contribution is 0.0633. The zero-order chi connectivity index (χ0) is 27.6. The molecule has 8 nitrogen and oxygen atoms in total. The number of carboxylic acids is 1. The molecule has 4 rings (SSSR count). The van der Waals surface area contributed by atoms with E-state index in [2.05, 4.69) is 33.2 Å². The summed E-state index contributed by atoms with van der Waals surface area (Å²) in [6.45, 7) is 7.76. The maximum atomic E-state index is 12.4. The summed E-state index contributed by atoms with van der Waals surface area (Å²) in [7, 11) is 0. The van der Waals surface area contributed by atoms with Crippen molar-refractivity contribution < 1.29 is 23.8 Å². The minimum atomic E-state index is -1.12. The van der Waals surface area contributed by atoms with Gasteiger partial charge in [0.1, 0.15) is 17.0 Å². The van der Waals surface area contributed by atoms with E-state index in [0.29, 0.717) is 45.9 Å². The number of carboxylic acid groups (broad SMARTS) is 1. The molecule has 2 aromatic heterocycles. The summed E-state index contributed by atoms with van der Waals surface area (Å²) in [6.07, 6.45) is 1.89. The van der Waals surface area contributed by atoms with Crippen molar-refractivity contribution in [1.82, 2.24) is 9.55 Å². The Hall–Kier alpha value is -3.30. The molecule has 0 aliphatic heterocycles. The van der Waals surface area contributed by atoms with Crippen LogP contribution in [0, 0.1) is 0 Å². The predicted molar refractivity (Wildman–Crippen MR) is 151 cm³/mol. The van der Waals surface area contributed by atoms with E-state index >= 15 is 0 Å². The Labute approximate surface area is 234 Å². The highest BCUT2D eigenvalue weighted by Gasteiger charge is 2.23. The molecule has 2 aromatic carbocycles. The van der Waals surface area contributed by atoms with Crippen LogP contribution < -0.4 is 5.32 Å². The average Bonchev–Trinajstić information content (AvgIpc) is 3.32. The highest BCUT2D eigenvalue weighted by molar-refractivity contribution is 9.10. The third-order valence-electron chi connectivity index (χ3n) is 5.80. The number of halogens is 2. The van der Waals surface area contributed by atoms with Crippen LogP contribution >= 0.6 is 27.5 Å². The Balaban J connectivity index is 1.70. The van der Waals surface area contributed by atoms with Gasteiger partial charge in [-0.05, 0) is 73.0 Å². The first-order valence-corrected chi connectivity index (χ1v) is 13.4. The van der Waals surface area contributed by atoms with E-state index in [-0.39, 0.29) is 10.8 Å². The van der Waals surface area contributed by atoms with Gasteiger partial charge in [0.05, 0.1) is 10.2 Å². The number of para-hydroxylation sites is 1. The van der Waals surface area contributed by atoms with Gasteiger partial charge in [-0.1, -0.05) is 43.1 Å². The summed E-state index contributed by atoms with van der Waals surface area (Å²) in [5.74, 6) is 0.0694. The van der Waals surface area contributed by atoms with Gasteiger partial charge in [0.25, 0.3) is 0 Å². The molecule has 0 saturated heterocycles. The molecule has 0 fully saturated rings. The maximum absolute atomic E-state index is 12.4. The smallest absolute Gasteiger partial charge is 0.412 e. The quantitative estimate of drug-likeness (QED) is 0.211. The van der Waals surface area contributed by atoms with Crippen LogP contribution in [-0.2, 0) is 17.7 Å². The molecule has 1 amide bonds. The van der Waals surface area contributed by atoms with Gasteiger partial charge in [0.2, 0.25) is 0 Å². The number of aromatic carboxylic acids is 1. The SMILES string of the molecule is CCCCc1nc(Cl)c(C(=O)O)n1Cc1ccc2oc(-c3ccccc3NC(=O)OC(C)(C)C)c(Br)c2c1. The van der Waals surface area contributed by atoms with Crippen LogP contribution in [-0.4, -0.2) is 32.3 Å². The molecule has 200 valence electrons. The number of furan rings is 1. The van der Waals surface area contributed by atoms with Gasteiger partial charge in [0, 0.05) is 23.9 Å². The van der Waals surface area contributed by atoms with Gasteiger partial charge in [0.15, 0.2) is 16.6 Å². The van der Waals surface area contributed by atoms with Crippen molar-refractivity contribution in [2.24, 2.45) is 0 Å². The van der Waals surface area contributed by atoms with Gasteiger partial charge >= 0.3 is 12.1 Å². The van der Waals surface area contributed by atoms with Gasteiger partial charge < -0.3 is 18.8 Å². The fourth-order valence-electron chi connectivity index (χ4n) is 4.14. The second-order valence-corrected chi connectivity index (χ2v) is 11.1. The number of carbonyl (C=O) groups is 2. The molecule has 2 heterocycles. The molecule has 0 aliphatic rings. The molecule has 0 aliphatic carbocycles. The van der Waals surface area contributed by atoms with Gasteiger partial charge in [-0.15, -0.1) is 0 Å². The minimum absolute atomic E-state index is 0.00875. The summed E-state index contributed by atoms with van der Waals surface area (Å²) in [6, 6.07) is 13.0. The number of imidazole rings is 1. The van der Waals surface area contributed by atoms with E-state index in [1.54, 1.807) is 31.4 Å². The highest BCUT2D eigenvalue weighted by Crippen LogP contribution is 2.41. The lowest BCUT2D eigenvalue weighted by Gasteiger charge is -2.20. The topological polar surface area (TPSA) is 107 Å². The molecule has 0 saturated carbocycles. The number of carbonyl (C=O) groups excluding carboxylic acids is 1. The second-order valence-electron chi connectivity index (χ2n) is 9.91.